The van der Waals surface area contributed by atoms with Gasteiger partial charge in [0.1, 0.15) is 0 Å². The highest BCUT2D eigenvalue weighted by Gasteiger charge is 2.19. The van der Waals surface area contributed by atoms with Crippen LogP contribution in [0.1, 0.15) is 17.1 Å². The molecule has 22 heavy (non-hydrogen) atoms. The molecule has 0 unspecified atom stereocenters. The fraction of sp³-hybridized carbons (Fsp3) is 0.400. The van der Waals surface area contributed by atoms with Gasteiger partial charge in [-0.2, -0.15) is 5.10 Å². The van der Waals surface area contributed by atoms with E-state index in [-0.39, 0.29) is 12.5 Å². The van der Waals surface area contributed by atoms with Crippen LogP contribution in [-0.4, -0.2) is 43.8 Å². The third-order valence-electron chi connectivity index (χ3n) is 3.65. The number of pyridine rings is 1. The molecular formula is C15H19N5O2. The van der Waals surface area contributed by atoms with Crippen LogP contribution in [0.15, 0.2) is 30.5 Å². The number of fused-ring (bicyclic) bond motifs is 1. The predicted molar refractivity (Wildman–Crippen MR) is 79.5 cm³/mol. The Kier molecular flexibility index (Phi) is 4.45. The largest absolute Gasteiger partial charge is 0.390 e. The van der Waals surface area contributed by atoms with Gasteiger partial charge < -0.3 is 10.4 Å². The number of nitrogens with zero attached hydrogens (tertiary/aromatic N) is 4. The fourth-order valence-corrected chi connectivity index (χ4v) is 2.54. The number of aromatic nitrogens is 3. The van der Waals surface area contributed by atoms with Gasteiger partial charge in [0.25, 0.3) is 0 Å². The lowest BCUT2D eigenvalue weighted by atomic mass is 10.2. The predicted octanol–water partition coefficient (Wildman–Crippen LogP) is -0.0976. The maximum absolute atomic E-state index is 12.0. The standard InChI is InChI=1S/C15H19N5O2/c21-11-13-7-14-9-19(5-6-20(14)18-13)10-15(22)17-8-12-3-1-2-4-16-12/h1-4,7,21H,5-6,8-11H2,(H,17,22). The summed E-state index contributed by atoms with van der Waals surface area (Å²) in [6.45, 7) is 2.93. The van der Waals surface area contributed by atoms with Crippen LogP contribution in [0.3, 0.4) is 0 Å². The summed E-state index contributed by atoms with van der Waals surface area (Å²) in [5.74, 6) is -0.0130. The first-order valence-corrected chi connectivity index (χ1v) is 7.30. The number of carbonyl (C=O) groups is 1. The molecule has 2 N–H and O–H groups in total. The molecule has 2 aromatic heterocycles. The Morgan fingerprint density at radius 2 is 2.23 bits per heavy atom. The van der Waals surface area contributed by atoms with Crippen molar-refractivity contribution in [2.75, 3.05) is 13.1 Å². The van der Waals surface area contributed by atoms with Gasteiger partial charge in [0, 0.05) is 19.3 Å². The van der Waals surface area contributed by atoms with E-state index in [0.717, 1.165) is 24.5 Å². The highest BCUT2D eigenvalue weighted by atomic mass is 16.3. The van der Waals surface area contributed by atoms with Crippen molar-refractivity contribution < 1.29 is 9.90 Å². The molecule has 2 aromatic rings. The molecule has 1 aliphatic rings. The van der Waals surface area contributed by atoms with E-state index in [1.54, 1.807) is 6.20 Å². The van der Waals surface area contributed by atoms with Crippen LogP contribution in [0, 0.1) is 0 Å². The van der Waals surface area contributed by atoms with Gasteiger partial charge in [0.2, 0.25) is 5.91 Å². The number of hydrogen-bond donors (Lipinski definition) is 2. The normalized spacial score (nSPS) is 14.6. The van der Waals surface area contributed by atoms with Crippen LogP contribution in [-0.2, 0) is 31.0 Å². The van der Waals surface area contributed by atoms with Gasteiger partial charge in [0.05, 0.1) is 43.3 Å². The van der Waals surface area contributed by atoms with Crippen molar-refractivity contribution >= 4 is 5.91 Å². The second-order valence-corrected chi connectivity index (χ2v) is 5.32. The minimum Gasteiger partial charge on any atom is -0.390 e. The first kappa shape index (κ1) is 14.7. The minimum absolute atomic E-state index is 0.0130. The summed E-state index contributed by atoms with van der Waals surface area (Å²) in [7, 11) is 0. The lowest BCUT2D eigenvalue weighted by Crippen LogP contribution is -2.41. The maximum atomic E-state index is 12.0. The van der Waals surface area contributed by atoms with Crippen molar-refractivity contribution in [3.05, 3.63) is 47.5 Å². The summed E-state index contributed by atoms with van der Waals surface area (Å²) in [6.07, 6.45) is 1.71. The third-order valence-corrected chi connectivity index (χ3v) is 3.65. The van der Waals surface area contributed by atoms with Crippen LogP contribution in [0.25, 0.3) is 0 Å². The van der Waals surface area contributed by atoms with Gasteiger partial charge >= 0.3 is 0 Å². The summed E-state index contributed by atoms with van der Waals surface area (Å²) >= 11 is 0. The summed E-state index contributed by atoms with van der Waals surface area (Å²) < 4.78 is 1.90. The molecule has 1 amide bonds. The quantitative estimate of drug-likeness (QED) is 0.806. The minimum atomic E-state index is -0.0510. The Balaban J connectivity index is 1.50. The molecule has 0 spiro atoms. The molecule has 0 atom stereocenters. The van der Waals surface area contributed by atoms with Gasteiger partial charge in [0.15, 0.2) is 0 Å². The Bertz CT molecular complexity index is 641. The van der Waals surface area contributed by atoms with E-state index in [9.17, 15) is 4.79 Å². The van der Waals surface area contributed by atoms with E-state index >= 15 is 0 Å². The van der Waals surface area contributed by atoms with Crippen molar-refractivity contribution in [2.45, 2.75) is 26.2 Å². The lowest BCUT2D eigenvalue weighted by molar-refractivity contribution is -0.122. The second kappa shape index (κ2) is 6.67. The molecule has 0 radical (unpaired) electrons. The molecule has 0 aromatic carbocycles. The molecule has 3 rings (SSSR count). The topological polar surface area (TPSA) is 83.3 Å². The van der Waals surface area contributed by atoms with Crippen LogP contribution >= 0.6 is 0 Å². The van der Waals surface area contributed by atoms with E-state index in [4.69, 9.17) is 5.11 Å². The van der Waals surface area contributed by atoms with Crippen LogP contribution in [0.4, 0.5) is 0 Å². The number of nitrogens with one attached hydrogen (secondary N) is 1. The summed E-state index contributed by atoms with van der Waals surface area (Å²) in [5, 5.41) is 16.3. The van der Waals surface area contributed by atoms with E-state index < -0.39 is 0 Å². The van der Waals surface area contributed by atoms with E-state index in [0.29, 0.717) is 25.3 Å². The van der Waals surface area contributed by atoms with Crippen LogP contribution < -0.4 is 5.32 Å². The first-order chi connectivity index (χ1) is 10.7. The number of aliphatic hydroxyl groups excluding tert-OH is 1. The molecule has 0 saturated carbocycles. The zero-order chi connectivity index (χ0) is 15.4. The molecule has 0 fully saturated rings. The number of hydrogen-bond acceptors (Lipinski definition) is 5. The summed E-state index contributed by atoms with van der Waals surface area (Å²) in [6, 6.07) is 7.52. The third kappa shape index (κ3) is 3.49. The van der Waals surface area contributed by atoms with Crippen molar-refractivity contribution in [1.29, 1.82) is 0 Å². The van der Waals surface area contributed by atoms with Crippen molar-refractivity contribution in [3.8, 4) is 0 Å². The smallest absolute Gasteiger partial charge is 0.234 e. The summed E-state index contributed by atoms with van der Waals surface area (Å²) in [5.41, 5.74) is 2.56. The molecule has 3 heterocycles. The van der Waals surface area contributed by atoms with Crippen molar-refractivity contribution in [2.24, 2.45) is 0 Å². The van der Waals surface area contributed by atoms with Gasteiger partial charge in [-0.1, -0.05) is 6.07 Å². The van der Waals surface area contributed by atoms with E-state index in [1.165, 1.54) is 0 Å². The highest BCUT2D eigenvalue weighted by Crippen LogP contribution is 2.13. The zero-order valence-electron chi connectivity index (χ0n) is 12.3. The maximum Gasteiger partial charge on any atom is 0.234 e. The SMILES string of the molecule is O=C(CN1CCn2nc(CO)cc2C1)NCc1ccccn1. The number of aliphatic hydroxyl groups is 1. The number of carbonyl (C=O) groups excluding carboxylic acids is 1. The molecule has 0 aliphatic carbocycles. The molecular weight excluding hydrogens is 282 g/mol. The Hall–Kier alpha value is -2.25. The van der Waals surface area contributed by atoms with Crippen LogP contribution in [0.2, 0.25) is 0 Å². The van der Waals surface area contributed by atoms with Gasteiger partial charge in [-0.3, -0.25) is 19.4 Å². The van der Waals surface area contributed by atoms with E-state index in [1.807, 2.05) is 28.9 Å². The number of amides is 1. The summed E-state index contributed by atoms with van der Waals surface area (Å²) in [4.78, 5) is 18.3. The molecule has 1 aliphatic heterocycles. The molecule has 0 bridgehead atoms. The Morgan fingerprint density at radius 1 is 1.32 bits per heavy atom. The molecule has 7 heteroatoms. The van der Waals surface area contributed by atoms with Gasteiger partial charge in [-0.25, -0.2) is 0 Å². The average molecular weight is 301 g/mol. The van der Waals surface area contributed by atoms with E-state index in [2.05, 4.69) is 20.3 Å². The lowest BCUT2D eigenvalue weighted by Gasteiger charge is -2.26. The first-order valence-electron chi connectivity index (χ1n) is 7.30. The van der Waals surface area contributed by atoms with Gasteiger partial charge in [-0.05, 0) is 18.2 Å². The second-order valence-electron chi connectivity index (χ2n) is 5.32. The highest BCUT2D eigenvalue weighted by molar-refractivity contribution is 5.77. The molecule has 0 saturated heterocycles. The fourth-order valence-electron chi connectivity index (χ4n) is 2.54. The Morgan fingerprint density at radius 3 is 3.00 bits per heavy atom. The van der Waals surface area contributed by atoms with Crippen molar-refractivity contribution in [3.63, 3.8) is 0 Å². The molecule has 7 nitrogen and oxygen atoms in total. The van der Waals surface area contributed by atoms with Crippen molar-refractivity contribution in [1.82, 2.24) is 25.0 Å². The molecule has 116 valence electrons. The number of rotatable bonds is 5. The average Bonchev–Trinajstić information content (AvgIpc) is 2.96. The Labute approximate surface area is 128 Å². The monoisotopic (exact) mass is 301 g/mol. The van der Waals surface area contributed by atoms with Gasteiger partial charge in [-0.15, -0.1) is 0 Å². The van der Waals surface area contributed by atoms with Crippen LogP contribution in [0.5, 0.6) is 0 Å². The zero-order valence-corrected chi connectivity index (χ0v) is 12.3.